The van der Waals surface area contributed by atoms with Crippen LogP contribution in [-0.2, 0) is 16.1 Å². The molecule has 2 rings (SSSR count). The summed E-state index contributed by atoms with van der Waals surface area (Å²) in [7, 11) is 1.36. The monoisotopic (exact) mass is 325 g/mol. The second-order valence-electron chi connectivity index (χ2n) is 5.96. The van der Waals surface area contributed by atoms with Crippen LogP contribution in [0.1, 0.15) is 28.4 Å². The zero-order chi connectivity index (χ0) is 17.5. The smallest absolute Gasteiger partial charge is 0.310 e. The average molecular weight is 325 g/mol. The fourth-order valence-electron chi connectivity index (χ4n) is 2.50. The molecule has 4 heteroatoms. The number of carbonyl (C=O) groups excluding carboxylic acids is 2. The topological polar surface area (TPSA) is 46.6 Å². The first-order valence-electron chi connectivity index (χ1n) is 7.99. The summed E-state index contributed by atoms with van der Waals surface area (Å²) < 4.78 is 4.79. The van der Waals surface area contributed by atoms with Crippen molar-refractivity contribution in [1.29, 1.82) is 0 Å². The first kappa shape index (κ1) is 17.7. The fourth-order valence-corrected chi connectivity index (χ4v) is 2.50. The number of amides is 1. The molecule has 126 valence electrons. The molecule has 1 atom stereocenters. The number of benzene rings is 2. The summed E-state index contributed by atoms with van der Waals surface area (Å²) >= 11 is 0. The molecule has 0 aromatic heterocycles. The third-order valence-electron chi connectivity index (χ3n) is 3.90. The first-order valence-corrected chi connectivity index (χ1v) is 7.99. The number of nitrogens with zero attached hydrogens (tertiary/aromatic N) is 1. The molecule has 0 radical (unpaired) electrons. The van der Waals surface area contributed by atoms with Crippen molar-refractivity contribution < 1.29 is 14.3 Å². The number of carbonyl (C=O) groups is 2. The Morgan fingerprint density at radius 2 is 1.67 bits per heavy atom. The molecule has 4 nitrogen and oxygen atoms in total. The van der Waals surface area contributed by atoms with Crippen LogP contribution in [0.4, 0.5) is 0 Å². The van der Waals surface area contributed by atoms with Crippen molar-refractivity contribution in [3.63, 3.8) is 0 Å². The van der Waals surface area contributed by atoms with Crippen molar-refractivity contribution in [2.24, 2.45) is 5.92 Å². The van der Waals surface area contributed by atoms with Crippen LogP contribution in [0.15, 0.2) is 54.6 Å². The van der Waals surface area contributed by atoms with Crippen molar-refractivity contribution in [3.05, 3.63) is 71.3 Å². The molecule has 0 saturated carbocycles. The predicted molar refractivity (Wildman–Crippen MR) is 93.5 cm³/mol. The Kier molecular flexibility index (Phi) is 6.13. The highest BCUT2D eigenvalue weighted by atomic mass is 16.5. The molecule has 0 aliphatic heterocycles. The molecule has 2 aromatic carbocycles. The van der Waals surface area contributed by atoms with Crippen LogP contribution in [0.5, 0.6) is 0 Å². The molecule has 0 heterocycles. The van der Waals surface area contributed by atoms with Crippen LogP contribution in [0.25, 0.3) is 0 Å². The van der Waals surface area contributed by atoms with E-state index < -0.39 is 0 Å². The first-order chi connectivity index (χ1) is 11.5. The number of aryl methyl sites for hydroxylation is 1. The van der Waals surface area contributed by atoms with Gasteiger partial charge in [-0.2, -0.15) is 0 Å². The van der Waals surface area contributed by atoms with Gasteiger partial charge in [-0.15, -0.1) is 0 Å². The van der Waals surface area contributed by atoms with Gasteiger partial charge in [-0.1, -0.05) is 55.0 Å². The minimum absolute atomic E-state index is 0.0908. The number of rotatable bonds is 6. The lowest BCUT2D eigenvalue weighted by Crippen LogP contribution is -2.36. The molecule has 24 heavy (non-hydrogen) atoms. The van der Waals surface area contributed by atoms with E-state index in [1.807, 2.05) is 49.4 Å². The Morgan fingerprint density at radius 1 is 1.04 bits per heavy atom. The highest BCUT2D eigenvalue weighted by molar-refractivity contribution is 5.94. The lowest BCUT2D eigenvalue weighted by atomic mass is 10.1. The van der Waals surface area contributed by atoms with Gasteiger partial charge in [0, 0.05) is 18.7 Å². The van der Waals surface area contributed by atoms with E-state index in [1.54, 1.807) is 24.0 Å². The van der Waals surface area contributed by atoms with Crippen molar-refractivity contribution in [2.45, 2.75) is 20.4 Å². The van der Waals surface area contributed by atoms with E-state index in [2.05, 4.69) is 0 Å². The predicted octanol–water partition coefficient (Wildman–Crippen LogP) is 3.45. The number of methoxy groups -OCH3 is 1. The molecule has 0 spiro atoms. The van der Waals surface area contributed by atoms with Gasteiger partial charge in [0.2, 0.25) is 0 Å². The highest BCUT2D eigenvalue weighted by Gasteiger charge is 2.22. The SMILES string of the molecule is COC(=O)C(C)CN(Cc1ccc(C)cc1)C(=O)c1ccccc1. The van der Waals surface area contributed by atoms with Crippen molar-refractivity contribution in [2.75, 3.05) is 13.7 Å². The van der Waals surface area contributed by atoms with Gasteiger partial charge in [-0.05, 0) is 24.6 Å². The van der Waals surface area contributed by atoms with Crippen LogP contribution in [0.3, 0.4) is 0 Å². The van der Waals surface area contributed by atoms with Gasteiger partial charge < -0.3 is 9.64 Å². The third-order valence-corrected chi connectivity index (χ3v) is 3.90. The van der Waals surface area contributed by atoms with E-state index in [-0.39, 0.29) is 17.8 Å². The van der Waals surface area contributed by atoms with E-state index in [9.17, 15) is 9.59 Å². The maximum Gasteiger partial charge on any atom is 0.310 e. The Labute approximate surface area is 143 Å². The van der Waals surface area contributed by atoms with Gasteiger partial charge in [-0.3, -0.25) is 9.59 Å². The number of esters is 1. The zero-order valence-corrected chi connectivity index (χ0v) is 14.4. The molecule has 0 aliphatic carbocycles. The van der Waals surface area contributed by atoms with Crippen LogP contribution in [0.2, 0.25) is 0 Å². The Bertz CT molecular complexity index is 680. The summed E-state index contributed by atoms with van der Waals surface area (Å²) in [6.45, 7) is 4.56. The van der Waals surface area contributed by atoms with Crippen molar-refractivity contribution in [3.8, 4) is 0 Å². The molecule has 0 bridgehead atoms. The molecule has 0 N–H and O–H groups in total. The second kappa shape index (κ2) is 8.29. The molecule has 2 aromatic rings. The van der Waals surface area contributed by atoms with Gasteiger partial charge in [0.05, 0.1) is 13.0 Å². The van der Waals surface area contributed by atoms with Crippen LogP contribution in [-0.4, -0.2) is 30.4 Å². The highest BCUT2D eigenvalue weighted by Crippen LogP contribution is 2.14. The maximum atomic E-state index is 12.8. The molecular weight excluding hydrogens is 302 g/mol. The van der Waals surface area contributed by atoms with Crippen molar-refractivity contribution in [1.82, 2.24) is 4.90 Å². The summed E-state index contributed by atoms with van der Waals surface area (Å²) in [5, 5.41) is 0. The maximum absolute atomic E-state index is 12.8. The standard InChI is InChI=1S/C20H23NO3/c1-15-9-11-17(12-10-15)14-21(13-16(2)20(23)24-3)19(22)18-7-5-4-6-8-18/h4-12,16H,13-14H2,1-3H3. The molecule has 1 amide bonds. The van der Waals surface area contributed by atoms with E-state index in [1.165, 1.54) is 12.7 Å². The molecule has 1 unspecified atom stereocenters. The molecular formula is C20H23NO3. The quantitative estimate of drug-likeness (QED) is 0.764. The van der Waals surface area contributed by atoms with Gasteiger partial charge in [0.1, 0.15) is 0 Å². The summed E-state index contributed by atoms with van der Waals surface area (Å²) in [4.78, 5) is 26.3. The lowest BCUT2D eigenvalue weighted by molar-refractivity contribution is -0.145. The van der Waals surface area contributed by atoms with Gasteiger partial charge in [0.25, 0.3) is 5.91 Å². The Morgan fingerprint density at radius 3 is 2.25 bits per heavy atom. The van der Waals surface area contributed by atoms with E-state index in [0.717, 1.165) is 5.56 Å². The van der Waals surface area contributed by atoms with Crippen LogP contribution < -0.4 is 0 Å². The minimum atomic E-state index is -0.381. The molecule has 0 aliphatic rings. The number of hydrogen-bond acceptors (Lipinski definition) is 3. The van der Waals surface area contributed by atoms with E-state index in [0.29, 0.717) is 18.7 Å². The van der Waals surface area contributed by atoms with Gasteiger partial charge >= 0.3 is 5.97 Å². The summed E-state index contributed by atoms with van der Waals surface area (Å²) in [5.41, 5.74) is 2.81. The minimum Gasteiger partial charge on any atom is -0.469 e. The van der Waals surface area contributed by atoms with Gasteiger partial charge in [-0.25, -0.2) is 0 Å². The van der Waals surface area contributed by atoms with Gasteiger partial charge in [0.15, 0.2) is 0 Å². The van der Waals surface area contributed by atoms with Crippen LogP contribution in [0, 0.1) is 12.8 Å². The summed E-state index contributed by atoms with van der Waals surface area (Å²) in [6.07, 6.45) is 0. The lowest BCUT2D eigenvalue weighted by Gasteiger charge is -2.25. The Hall–Kier alpha value is -2.62. The summed E-state index contributed by atoms with van der Waals surface area (Å²) in [6, 6.07) is 17.2. The number of hydrogen-bond donors (Lipinski definition) is 0. The zero-order valence-electron chi connectivity index (χ0n) is 14.4. The summed E-state index contributed by atoms with van der Waals surface area (Å²) in [5.74, 6) is -0.787. The largest absolute Gasteiger partial charge is 0.469 e. The second-order valence-corrected chi connectivity index (χ2v) is 5.96. The molecule has 0 saturated heterocycles. The van der Waals surface area contributed by atoms with E-state index in [4.69, 9.17) is 4.74 Å². The molecule has 0 fully saturated rings. The average Bonchev–Trinajstić information content (AvgIpc) is 2.62. The fraction of sp³-hybridized carbons (Fsp3) is 0.300. The third kappa shape index (κ3) is 4.69. The van der Waals surface area contributed by atoms with Crippen molar-refractivity contribution >= 4 is 11.9 Å². The van der Waals surface area contributed by atoms with E-state index >= 15 is 0 Å². The Balaban J connectivity index is 2.21. The normalized spacial score (nSPS) is 11.6. The van der Waals surface area contributed by atoms with Crippen LogP contribution >= 0.6 is 0 Å². The number of ether oxygens (including phenoxy) is 1.